The van der Waals surface area contributed by atoms with E-state index in [9.17, 15) is 5.11 Å². The van der Waals surface area contributed by atoms with E-state index in [4.69, 9.17) is 4.74 Å². The highest BCUT2D eigenvalue weighted by Gasteiger charge is 2.26. The van der Waals surface area contributed by atoms with Crippen molar-refractivity contribution in [3.63, 3.8) is 0 Å². The highest BCUT2D eigenvalue weighted by Crippen LogP contribution is 2.34. The summed E-state index contributed by atoms with van der Waals surface area (Å²) in [4.78, 5) is 2.33. The van der Waals surface area contributed by atoms with Gasteiger partial charge in [0.1, 0.15) is 18.1 Å². The molecule has 2 aliphatic heterocycles. The van der Waals surface area contributed by atoms with Gasteiger partial charge in [0.05, 0.1) is 6.04 Å². The number of rotatable bonds is 2. The number of hydrogen-bond donors (Lipinski definition) is 2. The van der Waals surface area contributed by atoms with Crippen molar-refractivity contribution in [3.8, 4) is 11.5 Å². The molecule has 0 saturated carbocycles. The molecule has 2 heterocycles. The first-order valence-corrected chi connectivity index (χ1v) is 6.38. The molecule has 2 N–H and O–H groups in total. The van der Waals surface area contributed by atoms with E-state index in [1.807, 2.05) is 6.07 Å². The van der Waals surface area contributed by atoms with Gasteiger partial charge < -0.3 is 14.7 Å². The number of phenols is 1. The summed E-state index contributed by atoms with van der Waals surface area (Å²) in [5.74, 6) is 1.05. The molecular formula is C13H19N3O2. The Morgan fingerprint density at radius 2 is 2.06 bits per heavy atom. The molecule has 0 radical (unpaired) electrons. The molecule has 1 unspecified atom stereocenters. The molecule has 0 aromatic heterocycles. The predicted octanol–water partition coefficient (Wildman–Crippen LogP) is 0.578. The fourth-order valence-electron chi connectivity index (χ4n) is 2.46. The van der Waals surface area contributed by atoms with Crippen LogP contribution < -0.4 is 10.2 Å². The van der Waals surface area contributed by atoms with Gasteiger partial charge in [-0.05, 0) is 19.2 Å². The Kier molecular flexibility index (Phi) is 3.11. The molecule has 1 fully saturated rings. The standard InChI is InChI=1S/C13H19N3O2/c1-15-4-6-16(7-5-15)14-12-9-18-13-8-10(17)2-3-11(12)13/h2-3,8,12,14,17H,4-7,9H2,1H3. The normalized spacial score (nSPS) is 24.8. The lowest BCUT2D eigenvalue weighted by molar-refractivity contribution is 0.0812. The lowest BCUT2D eigenvalue weighted by Gasteiger charge is -2.34. The summed E-state index contributed by atoms with van der Waals surface area (Å²) in [5, 5.41) is 11.7. The minimum atomic E-state index is 0.198. The fraction of sp³-hybridized carbons (Fsp3) is 0.538. The summed E-state index contributed by atoms with van der Waals surface area (Å²) in [7, 11) is 2.15. The third-order valence-electron chi connectivity index (χ3n) is 3.62. The number of benzene rings is 1. The molecule has 0 aliphatic carbocycles. The number of aromatic hydroxyl groups is 1. The number of nitrogens with zero attached hydrogens (tertiary/aromatic N) is 2. The summed E-state index contributed by atoms with van der Waals surface area (Å²) in [6.45, 7) is 4.86. The summed E-state index contributed by atoms with van der Waals surface area (Å²) >= 11 is 0. The average molecular weight is 249 g/mol. The molecule has 1 aromatic rings. The van der Waals surface area contributed by atoms with E-state index >= 15 is 0 Å². The first-order chi connectivity index (χ1) is 8.72. The van der Waals surface area contributed by atoms with Crippen molar-refractivity contribution in [1.29, 1.82) is 0 Å². The predicted molar refractivity (Wildman–Crippen MR) is 68.5 cm³/mol. The molecule has 98 valence electrons. The molecule has 0 amide bonds. The quantitative estimate of drug-likeness (QED) is 0.803. The van der Waals surface area contributed by atoms with Gasteiger partial charge in [-0.3, -0.25) is 0 Å². The molecule has 5 nitrogen and oxygen atoms in total. The molecule has 0 bridgehead atoms. The van der Waals surface area contributed by atoms with Gasteiger partial charge in [0, 0.05) is 37.8 Å². The SMILES string of the molecule is CN1CCN(NC2COc3cc(O)ccc32)CC1. The van der Waals surface area contributed by atoms with E-state index in [2.05, 4.69) is 22.4 Å². The van der Waals surface area contributed by atoms with Crippen LogP contribution in [0.4, 0.5) is 0 Å². The van der Waals surface area contributed by atoms with Crippen molar-refractivity contribution >= 4 is 0 Å². The lowest BCUT2D eigenvalue weighted by Crippen LogP contribution is -2.51. The molecule has 1 aromatic carbocycles. The molecule has 3 rings (SSSR count). The molecule has 2 aliphatic rings. The average Bonchev–Trinajstić information content (AvgIpc) is 2.74. The number of hydrogen-bond acceptors (Lipinski definition) is 5. The van der Waals surface area contributed by atoms with Crippen molar-refractivity contribution in [1.82, 2.24) is 15.3 Å². The van der Waals surface area contributed by atoms with Crippen LogP contribution in [0.3, 0.4) is 0 Å². The van der Waals surface area contributed by atoms with E-state index in [0.29, 0.717) is 6.61 Å². The van der Waals surface area contributed by atoms with Crippen LogP contribution in [0.2, 0.25) is 0 Å². The highest BCUT2D eigenvalue weighted by molar-refractivity contribution is 5.44. The smallest absolute Gasteiger partial charge is 0.128 e. The second kappa shape index (κ2) is 4.76. The number of piperazine rings is 1. The summed E-state index contributed by atoms with van der Waals surface area (Å²) in [6, 6.07) is 5.53. The fourth-order valence-corrected chi connectivity index (χ4v) is 2.46. The van der Waals surface area contributed by atoms with Crippen LogP contribution in [0.5, 0.6) is 11.5 Å². The number of ether oxygens (including phenoxy) is 1. The number of nitrogens with one attached hydrogen (secondary N) is 1. The second-order valence-corrected chi connectivity index (χ2v) is 5.01. The van der Waals surface area contributed by atoms with E-state index in [-0.39, 0.29) is 11.8 Å². The monoisotopic (exact) mass is 249 g/mol. The van der Waals surface area contributed by atoms with E-state index < -0.39 is 0 Å². The van der Waals surface area contributed by atoms with Crippen LogP contribution in [-0.4, -0.2) is 54.8 Å². The van der Waals surface area contributed by atoms with Gasteiger partial charge in [0.2, 0.25) is 0 Å². The number of phenolic OH excluding ortho intramolecular Hbond substituents is 1. The van der Waals surface area contributed by atoms with Crippen molar-refractivity contribution in [2.45, 2.75) is 6.04 Å². The molecule has 5 heteroatoms. The molecule has 0 spiro atoms. The summed E-state index contributed by atoms with van der Waals surface area (Å²) in [6.07, 6.45) is 0. The molecule has 18 heavy (non-hydrogen) atoms. The Hall–Kier alpha value is -1.30. The lowest BCUT2D eigenvalue weighted by atomic mass is 10.1. The van der Waals surface area contributed by atoms with Gasteiger partial charge >= 0.3 is 0 Å². The van der Waals surface area contributed by atoms with Gasteiger partial charge in [-0.2, -0.15) is 0 Å². The van der Waals surface area contributed by atoms with E-state index in [0.717, 1.165) is 37.5 Å². The maximum absolute atomic E-state index is 9.42. The maximum Gasteiger partial charge on any atom is 0.128 e. The van der Waals surface area contributed by atoms with E-state index in [1.54, 1.807) is 12.1 Å². The minimum absolute atomic E-state index is 0.198. The highest BCUT2D eigenvalue weighted by atomic mass is 16.5. The zero-order chi connectivity index (χ0) is 12.5. The Bertz CT molecular complexity index is 430. The van der Waals surface area contributed by atoms with Gasteiger partial charge in [-0.25, -0.2) is 10.4 Å². The van der Waals surface area contributed by atoms with Crippen LogP contribution in [0, 0.1) is 0 Å². The van der Waals surface area contributed by atoms with Crippen molar-refractivity contribution in [2.24, 2.45) is 0 Å². The molecule has 1 atom stereocenters. The Morgan fingerprint density at radius 1 is 1.28 bits per heavy atom. The first-order valence-electron chi connectivity index (χ1n) is 6.38. The number of fused-ring (bicyclic) bond motifs is 1. The largest absolute Gasteiger partial charge is 0.508 e. The Labute approximate surface area is 107 Å². The summed E-state index contributed by atoms with van der Waals surface area (Å²) in [5.41, 5.74) is 4.65. The van der Waals surface area contributed by atoms with Crippen LogP contribution in [-0.2, 0) is 0 Å². The van der Waals surface area contributed by atoms with Gasteiger partial charge in [-0.15, -0.1) is 0 Å². The molecule has 1 saturated heterocycles. The van der Waals surface area contributed by atoms with Gasteiger partial charge in [-0.1, -0.05) is 0 Å². The van der Waals surface area contributed by atoms with Gasteiger partial charge in [0.15, 0.2) is 0 Å². The van der Waals surface area contributed by atoms with Crippen LogP contribution >= 0.6 is 0 Å². The Morgan fingerprint density at radius 3 is 2.83 bits per heavy atom. The number of likely N-dealkylation sites (N-methyl/N-ethyl adjacent to an activating group) is 1. The van der Waals surface area contributed by atoms with Crippen molar-refractivity contribution in [2.75, 3.05) is 39.8 Å². The van der Waals surface area contributed by atoms with E-state index in [1.165, 1.54) is 0 Å². The van der Waals surface area contributed by atoms with Crippen molar-refractivity contribution < 1.29 is 9.84 Å². The van der Waals surface area contributed by atoms with Crippen LogP contribution in [0.25, 0.3) is 0 Å². The second-order valence-electron chi connectivity index (χ2n) is 5.01. The number of hydrazine groups is 1. The van der Waals surface area contributed by atoms with Crippen molar-refractivity contribution in [3.05, 3.63) is 23.8 Å². The Balaban J connectivity index is 1.66. The third kappa shape index (κ3) is 2.29. The van der Waals surface area contributed by atoms with Crippen LogP contribution in [0.1, 0.15) is 11.6 Å². The zero-order valence-electron chi connectivity index (χ0n) is 10.6. The first kappa shape index (κ1) is 11.8. The topological polar surface area (TPSA) is 48.0 Å². The van der Waals surface area contributed by atoms with Gasteiger partial charge in [0.25, 0.3) is 0 Å². The third-order valence-corrected chi connectivity index (χ3v) is 3.62. The summed E-state index contributed by atoms with van der Waals surface area (Å²) < 4.78 is 5.59. The maximum atomic E-state index is 9.42. The molecular weight excluding hydrogens is 230 g/mol. The minimum Gasteiger partial charge on any atom is -0.508 e. The van der Waals surface area contributed by atoms with Crippen LogP contribution in [0.15, 0.2) is 18.2 Å². The zero-order valence-corrected chi connectivity index (χ0v) is 10.6.